The molecule has 1 aromatic carbocycles. The van der Waals surface area contributed by atoms with Crippen molar-refractivity contribution in [2.24, 2.45) is 10.9 Å². The van der Waals surface area contributed by atoms with Crippen LogP contribution in [0.25, 0.3) is 0 Å². The number of nitrogens with two attached hydrogens (primary N) is 1. The van der Waals surface area contributed by atoms with Gasteiger partial charge in [0, 0.05) is 0 Å². The summed E-state index contributed by atoms with van der Waals surface area (Å²) in [6, 6.07) is 7.20. The minimum absolute atomic E-state index is 0.0664. The third-order valence-corrected chi connectivity index (χ3v) is 1.73. The second kappa shape index (κ2) is 5.11. The molecule has 0 fully saturated rings. The number of rotatable bonds is 4. The highest BCUT2D eigenvalue weighted by Crippen LogP contribution is 2.17. The molecule has 1 aromatic rings. The molecular formula is C10H14N2O2. The standard InChI is InChI=1S/C10H14N2O2/c1-2-7-14-9-6-4-3-5-8(9)10(11)12-13/h3-6,13H,2,7H2,1H3,(H2,11,12). The van der Waals surface area contributed by atoms with E-state index in [2.05, 4.69) is 5.16 Å². The van der Waals surface area contributed by atoms with Crippen molar-refractivity contribution in [1.29, 1.82) is 0 Å². The van der Waals surface area contributed by atoms with Crippen LogP contribution in [0.3, 0.4) is 0 Å². The van der Waals surface area contributed by atoms with E-state index >= 15 is 0 Å². The van der Waals surface area contributed by atoms with Crippen molar-refractivity contribution < 1.29 is 9.94 Å². The summed E-state index contributed by atoms with van der Waals surface area (Å²) in [7, 11) is 0. The van der Waals surface area contributed by atoms with Crippen molar-refractivity contribution in [2.75, 3.05) is 6.61 Å². The number of benzene rings is 1. The van der Waals surface area contributed by atoms with Gasteiger partial charge in [0.1, 0.15) is 5.75 Å². The molecule has 1 rings (SSSR count). The number of ether oxygens (including phenoxy) is 1. The summed E-state index contributed by atoms with van der Waals surface area (Å²) in [5.74, 6) is 0.710. The molecule has 0 radical (unpaired) electrons. The van der Waals surface area contributed by atoms with Gasteiger partial charge in [0.2, 0.25) is 0 Å². The summed E-state index contributed by atoms with van der Waals surface area (Å²) >= 11 is 0. The number of hydrogen-bond acceptors (Lipinski definition) is 3. The zero-order valence-corrected chi connectivity index (χ0v) is 8.10. The second-order valence-corrected chi connectivity index (χ2v) is 2.83. The molecule has 76 valence electrons. The first-order valence-corrected chi connectivity index (χ1v) is 4.49. The molecule has 0 saturated carbocycles. The van der Waals surface area contributed by atoms with E-state index in [1.165, 1.54) is 0 Å². The van der Waals surface area contributed by atoms with E-state index in [-0.39, 0.29) is 5.84 Å². The SMILES string of the molecule is CCCOc1ccccc1/C(N)=N\O. The van der Waals surface area contributed by atoms with Crippen molar-refractivity contribution in [3.05, 3.63) is 29.8 Å². The molecule has 0 spiro atoms. The molecule has 0 aliphatic heterocycles. The van der Waals surface area contributed by atoms with E-state index in [4.69, 9.17) is 15.7 Å². The summed E-state index contributed by atoms with van der Waals surface area (Å²) in [4.78, 5) is 0. The minimum Gasteiger partial charge on any atom is -0.493 e. The molecule has 0 aromatic heterocycles. The van der Waals surface area contributed by atoms with E-state index < -0.39 is 0 Å². The molecule has 0 atom stereocenters. The molecule has 0 unspecified atom stereocenters. The Morgan fingerprint density at radius 1 is 1.50 bits per heavy atom. The predicted octanol–water partition coefficient (Wildman–Crippen LogP) is 1.57. The van der Waals surface area contributed by atoms with Crippen LogP contribution in [0.5, 0.6) is 5.75 Å². The van der Waals surface area contributed by atoms with E-state index in [1.807, 2.05) is 19.1 Å². The molecular weight excluding hydrogens is 180 g/mol. The van der Waals surface area contributed by atoms with E-state index in [1.54, 1.807) is 12.1 Å². The van der Waals surface area contributed by atoms with E-state index in [0.717, 1.165) is 6.42 Å². The second-order valence-electron chi connectivity index (χ2n) is 2.83. The average molecular weight is 194 g/mol. The van der Waals surface area contributed by atoms with Crippen molar-refractivity contribution in [3.8, 4) is 5.75 Å². The molecule has 0 heterocycles. The third kappa shape index (κ3) is 2.39. The van der Waals surface area contributed by atoms with Crippen LogP contribution in [0.1, 0.15) is 18.9 Å². The fourth-order valence-corrected chi connectivity index (χ4v) is 1.07. The summed E-state index contributed by atoms with van der Waals surface area (Å²) in [5, 5.41) is 11.5. The zero-order chi connectivity index (χ0) is 10.4. The van der Waals surface area contributed by atoms with Gasteiger partial charge in [0.25, 0.3) is 0 Å². The topological polar surface area (TPSA) is 67.8 Å². The van der Waals surface area contributed by atoms with Gasteiger partial charge < -0.3 is 15.7 Å². The van der Waals surface area contributed by atoms with E-state index in [0.29, 0.717) is 17.9 Å². The van der Waals surface area contributed by atoms with Crippen LogP contribution >= 0.6 is 0 Å². The van der Waals surface area contributed by atoms with Gasteiger partial charge in [-0.2, -0.15) is 0 Å². The van der Waals surface area contributed by atoms with Crippen LogP contribution in [0.4, 0.5) is 0 Å². The summed E-state index contributed by atoms with van der Waals surface area (Å²) < 4.78 is 5.44. The first kappa shape index (κ1) is 10.4. The van der Waals surface area contributed by atoms with E-state index in [9.17, 15) is 0 Å². The Bertz CT molecular complexity index is 324. The van der Waals surface area contributed by atoms with Crippen LogP contribution in [-0.4, -0.2) is 17.6 Å². The average Bonchev–Trinajstić information content (AvgIpc) is 2.25. The zero-order valence-electron chi connectivity index (χ0n) is 8.10. The van der Waals surface area contributed by atoms with Crippen LogP contribution < -0.4 is 10.5 Å². The maximum absolute atomic E-state index is 8.55. The highest BCUT2D eigenvalue weighted by molar-refractivity contribution is 5.99. The highest BCUT2D eigenvalue weighted by atomic mass is 16.5. The third-order valence-electron chi connectivity index (χ3n) is 1.73. The normalized spacial score (nSPS) is 11.4. The number of nitrogens with zero attached hydrogens (tertiary/aromatic N) is 1. The van der Waals surface area contributed by atoms with Gasteiger partial charge in [-0.25, -0.2) is 0 Å². The molecule has 0 saturated heterocycles. The molecule has 0 aliphatic carbocycles. The van der Waals surface area contributed by atoms with Gasteiger partial charge in [0.05, 0.1) is 12.2 Å². The highest BCUT2D eigenvalue weighted by Gasteiger charge is 2.06. The lowest BCUT2D eigenvalue weighted by Gasteiger charge is -2.08. The van der Waals surface area contributed by atoms with Crippen LogP contribution in [-0.2, 0) is 0 Å². The number of oxime groups is 1. The van der Waals surface area contributed by atoms with Gasteiger partial charge >= 0.3 is 0 Å². The molecule has 4 heteroatoms. The molecule has 0 aliphatic rings. The van der Waals surface area contributed by atoms with Gasteiger partial charge in [-0.1, -0.05) is 24.2 Å². The molecule has 0 amide bonds. The first-order chi connectivity index (χ1) is 6.79. The quantitative estimate of drug-likeness (QED) is 0.331. The molecule has 3 N–H and O–H groups in total. The van der Waals surface area contributed by atoms with Crippen molar-refractivity contribution in [1.82, 2.24) is 0 Å². The summed E-state index contributed by atoms with van der Waals surface area (Å²) in [6.07, 6.45) is 0.921. The molecule has 0 bridgehead atoms. The lowest BCUT2D eigenvalue weighted by Crippen LogP contribution is -2.14. The number of hydrogen-bond donors (Lipinski definition) is 2. The Hall–Kier alpha value is -1.71. The van der Waals surface area contributed by atoms with Crippen molar-refractivity contribution in [3.63, 3.8) is 0 Å². The number of para-hydroxylation sites is 1. The largest absolute Gasteiger partial charge is 0.493 e. The Labute approximate surface area is 83.0 Å². The fraction of sp³-hybridized carbons (Fsp3) is 0.300. The lowest BCUT2D eigenvalue weighted by molar-refractivity contribution is 0.311. The Kier molecular flexibility index (Phi) is 3.79. The first-order valence-electron chi connectivity index (χ1n) is 4.49. The monoisotopic (exact) mass is 194 g/mol. The fourth-order valence-electron chi connectivity index (χ4n) is 1.07. The minimum atomic E-state index is 0.0664. The molecule has 14 heavy (non-hydrogen) atoms. The van der Waals surface area contributed by atoms with Gasteiger partial charge in [-0.05, 0) is 18.6 Å². The van der Waals surface area contributed by atoms with Crippen LogP contribution in [0.2, 0.25) is 0 Å². The number of amidine groups is 1. The van der Waals surface area contributed by atoms with Gasteiger partial charge in [0.15, 0.2) is 5.84 Å². The smallest absolute Gasteiger partial charge is 0.173 e. The van der Waals surface area contributed by atoms with Crippen molar-refractivity contribution >= 4 is 5.84 Å². The van der Waals surface area contributed by atoms with Crippen molar-refractivity contribution in [2.45, 2.75) is 13.3 Å². The lowest BCUT2D eigenvalue weighted by atomic mass is 10.2. The molecule has 4 nitrogen and oxygen atoms in total. The maximum Gasteiger partial charge on any atom is 0.173 e. The summed E-state index contributed by atoms with van der Waals surface area (Å²) in [6.45, 7) is 2.64. The maximum atomic E-state index is 8.55. The Morgan fingerprint density at radius 3 is 2.86 bits per heavy atom. The summed E-state index contributed by atoms with van der Waals surface area (Å²) in [5.41, 5.74) is 6.10. The van der Waals surface area contributed by atoms with Gasteiger partial charge in [-0.15, -0.1) is 0 Å². The Balaban J connectivity index is 2.91. The predicted molar refractivity (Wildman–Crippen MR) is 54.7 cm³/mol. The Morgan fingerprint density at radius 2 is 2.21 bits per heavy atom. The van der Waals surface area contributed by atoms with Crippen LogP contribution in [0.15, 0.2) is 29.4 Å². The van der Waals surface area contributed by atoms with Crippen LogP contribution in [0, 0.1) is 0 Å². The van der Waals surface area contributed by atoms with Gasteiger partial charge in [-0.3, -0.25) is 0 Å².